The first kappa shape index (κ1) is 24.1. The summed E-state index contributed by atoms with van der Waals surface area (Å²) in [4.78, 5) is 19.7. The van der Waals surface area contributed by atoms with Gasteiger partial charge in [0.1, 0.15) is 0 Å². The maximum atomic E-state index is 13.4. The first-order valence-electron chi connectivity index (χ1n) is 11.1. The molecule has 1 aliphatic heterocycles. The molecule has 1 saturated heterocycles. The number of thiazole rings is 1. The van der Waals surface area contributed by atoms with Gasteiger partial charge in [0.25, 0.3) is 0 Å². The Morgan fingerprint density at radius 2 is 1.74 bits per heavy atom. The second kappa shape index (κ2) is 10.9. The van der Waals surface area contributed by atoms with E-state index in [0.29, 0.717) is 37.6 Å². The molecular formula is C26H27N3O3S2. The number of aromatic nitrogens is 1. The van der Waals surface area contributed by atoms with E-state index in [1.165, 1.54) is 21.1 Å². The van der Waals surface area contributed by atoms with Crippen LogP contribution in [0.2, 0.25) is 0 Å². The standard InChI is InChI=1S/C26H27N3O3S2/c1-2-16-29(26-27-24(20-33-26)22-11-7-4-8-12-22)25(30)23-13-17-28(18-14-23)34(31,32)19-15-21-9-5-3-6-10-21/h2-12,15,19-20,23H,1,13-14,16-18H2/b19-15+. The van der Waals surface area contributed by atoms with Gasteiger partial charge in [-0.1, -0.05) is 66.7 Å². The van der Waals surface area contributed by atoms with Gasteiger partial charge < -0.3 is 0 Å². The number of anilines is 1. The van der Waals surface area contributed by atoms with Gasteiger partial charge in [0, 0.05) is 41.9 Å². The molecule has 4 rings (SSSR count). The number of benzene rings is 2. The molecule has 0 atom stereocenters. The Hall–Kier alpha value is -3.07. The van der Waals surface area contributed by atoms with Crippen LogP contribution in [0, 0.1) is 5.92 Å². The van der Waals surface area contributed by atoms with Crippen LogP contribution in [0.25, 0.3) is 17.3 Å². The topological polar surface area (TPSA) is 70.6 Å². The van der Waals surface area contributed by atoms with Crippen molar-refractivity contribution in [3.63, 3.8) is 0 Å². The average Bonchev–Trinajstić information content (AvgIpc) is 3.37. The fraction of sp³-hybridized carbons (Fsp3) is 0.231. The van der Waals surface area contributed by atoms with Gasteiger partial charge in [-0.3, -0.25) is 9.69 Å². The van der Waals surface area contributed by atoms with Crippen LogP contribution in [-0.4, -0.2) is 43.2 Å². The number of carbonyl (C=O) groups excluding carboxylic acids is 1. The minimum absolute atomic E-state index is 0.0364. The summed E-state index contributed by atoms with van der Waals surface area (Å²) in [6, 6.07) is 19.2. The van der Waals surface area contributed by atoms with Crippen molar-refractivity contribution in [2.45, 2.75) is 12.8 Å². The first-order chi connectivity index (χ1) is 16.5. The van der Waals surface area contributed by atoms with Crippen molar-refractivity contribution < 1.29 is 13.2 Å². The zero-order valence-electron chi connectivity index (χ0n) is 18.8. The van der Waals surface area contributed by atoms with E-state index >= 15 is 0 Å². The summed E-state index contributed by atoms with van der Waals surface area (Å²) in [5.41, 5.74) is 2.65. The predicted octanol–water partition coefficient (Wildman–Crippen LogP) is 5.04. The molecule has 1 fully saturated rings. The number of sulfonamides is 1. The van der Waals surface area contributed by atoms with E-state index in [1.54, 1.807) is 17.1 Å². The lowest BCUT2D eigenvalue weighted by atomic mass is 9.96. The summed E-state index contributed by atoms with van der Waals surface area (Å²) in [5, 5.41) is 3.82. The molecule has 2 heterocycles. The second-order valence-electron chi connectivity index (χ2n) is 8.05. The Kier molecular flexibility index (Phi) is 7.72. The van der Waals surface area contributed by atoms with Crippen molar-refractivity contribution in [3.05, 3.63) is 89.7 Å². The number of carbonyl (C=O) groups is 1. The lowest BCUT2D eigenvalue weighted by Gasteiger charge is -2.32. The van der Waals surface area contributed by atoms with E-state index in [9.17, 15) is 13.2 Å². The van der Waals surface area contributed by atoms with Gasteiger partial charge in [-0.25, -0.2) is 13.4 Å². The molecule has 2 aromatic carbocycles. The van der Waals surface area contributed by atoms with Gasteiger partial charge in [0.2, 0.25) is 15.9 Å². The fourth-order valence-corrected chi connectivity index (χ4v) is 5.98. The summed E-state index contributed by atoms with van der Waals surface area (Å²) in [6.45, 7) is 4.78. The zero-order valence-corrected chi connectivity index (χ0v) is 20.4. The minimum Gasteiger partial charge on any atom is -0.284 e. The Morgan fingerprint density at radius 1 is 1.09 bits per heavy atom. The van der Waals surface area contributed by atoms with Crippen LogP contribution in [0.15, 0.2) is 84.1 Å². The minimum atomic E-state index is -3.54. The Morgan fingerprint density at radius 3 is 2.38 bits per heavy atom. The van der Waals surface area contributed by atoms with Crippen LogP contribution in [0.5, 0.6) is 0 Å². The van der Waals surface area contributed by atoms with Gasteiger partial charge in [-0.15, -0.1) is 17.9 Å². The van der Waals surface area contributed by atoms with Crippen molar-refractivity contribution in [2.24, 2.45) is 5.92 Å². The Bertz CT molecular complexity index is 1250. The van der Waals surface area contributed by atoms with Crippen LogP contribution in [-0.2, 0) is 14.8 Å². The number of hydrogen-bond donors (Lipinski definition) is 0. The first-order valence-corrected chi connectivity index (χ1v) is 13.5. The molecule has 0 bridgehead atoms. The maximum Gasteiger partial charge on any atom is 0.236 e. The van der Waals surface area contributed by atoms with Gasteiger partial charge in [-0.2, -0.15) is 4.31 Å². The summed E-state index contributed by atoms with van der Waals surface area (Å²) in [5.74, 6) is -0.292. The molecule has 3 aromatic rings. The van der Waals surface area contributed by atoms with Crippen molar-refractivity contribution in [2.75, 3.05) is 24.5 Å². The number of piperidine rings is 1. The zero-order chi connectivity index (χ0) is 24.0. The third-order valence-electron chi connectivity index (χ3n) is 5.77. The summed E-state index contributed by atoms with van der Waals surface area (Å²) < 4.78 is 27.0. The van der Waals surface area contributed by atoms with Gasteiger partial charge >= 0.3 is 0 Å². The number of nitrogens with zero attached hydrogens (tertiary/aromatic N) is 3. The van der Waals surface area contributed by atoms with Crippen molar-refractivity contribution in [1.29, 1.82) is 0 Å². The highest BCUT2D eigenvalue weighted by atomic mass is 32.2. The van der Waals surface area contributed by atoms with Crippen LogP contribution >= 0.6 is 11.3 Å². The number of hydrogen-bond acceptors (Lipinski definition) is 5. The maximum absolute atomic E-state index is 13.4. The van der Waals surface area contributed by atoms with Crippen LogP contribution in [0.4, 0.5) is 5.13 Å². The molecule has 0 radical (unpaired) electrons. The van der Waals surface area contributed by atoms with Crippen LogP contribution < -0.4 is 4.90 Å². The molecule has 0 N–H and O–H groups in total. The molecule has 1 aromatic heterocycles. The van der Waals surface area contributed by atoms with E-state index in [0.717, 1.165) is 16.8 Å². The SMILES string of the molecule is C=CCN(C(=O)C1CCN(S(=O)(=O)/C=C/c2ccccc2)CC1)c1nc(-c2ccccc2)cs1. The quantitative estimate of drug-likeness (QED) is 0.412. The second-order valence-corrected chi connectivity index (χ2v) is 10.7. The van der Waals surface area contributed by atoms with Crippen molar-refractivity contribution >= 4 is 38.5 Å². The molecule has 0 spiro atoms. The molecule has 34 heavy (non-hydrogen) atoms. The van der Waals surface area contributed by atoms with Crippen LogP contribution in [0.3, 0.4) is 0 Å². The highest BCUT2D eigenvalue weighted by Gasteiger charge is 2.33. The summed E-state index contributed by atoms with van der Waals surface area (Å²) in [6.07, 6.45) is 4.24. The molecule has 0 unspecified atom stereocenters. The molecule has 8 heteroatoms. The van der Waals surface area contributed by atoms with Crippen LogP contribution in [0.1, 0.15) is 18.4 Å². The monoisotopic (exact) mass is 493 g/mol. The third kappa shape index (κ3) is 5.70. The molecule has 6 nitrogen and oxygen atoms in total. The predicted molar refractivity (Wildman–Crippen MR) is 139 cm³/mol. The van der Waals surface area contributed by atoms with E-state index in [4.69, 9.17) is 0 Å². The molecule has 0 saturated carbocycles. The smallest absolute Gasteiger partial charge is 0.236 e. The highest BCUT2D eigenvalue weighted by Crippen LogP contribution is 2.30. The number of rotatable bonds is 8. The number of amides is 1. The molecule has 1 aliphatic rings. The van der Waals surface area contributed by atoms with Crippen molar-refractivity contribution in [1.82, 2.24) is 9.29 Å². The fourth-order valence-electron chi connectivity index (χ4n) is 3.91. The summed E-state index contributed by atoms with van der Waals surface area (Å²) >= 11 is 1.42. The summed E-state index contributed by atoms with van der Waals surface area (Å²) in [7, 11) is -3.54. The van der Waals surface area contributed by atoms with E-state index in [2.05, 4.69) is 11.6 Å². The Labute approximate surface area is 204 Å². The lowest BCUT2D eigenvalue weighted by molar-refractivity contribution is -0.123. The van der Waals surface area contributed by atoms with E-state index in [-0.39, 0.29) is 11.8 Å². The molecular weight excluding hydrogens is 466 g/mol. The largest absolute Gasteiger partial charge is 0.284 e. The Balaban J connectivity index is 1.41. The molecule has 176 valence electrons. The van der Waals surface area contributed by atoms with Gasteiger partial charge in [0.15, 0.2) is 5.13 Å². The van der Waals surface area contributed by atoms with Gasteiger partial charge in [0.05, 0.1) is 5.69 Å². The van der Waals surface area contributed by atoms with E-state index < -0.39 is 10.0 Å². The van der Waals surface area contributed by atoms with Gasteiger partial charge in [-0.05, 0) is 24.5 Å². The average molecular weight is 494 g/mol. The lowest BCUT2D eigenvalue weighted by Crippen LogP contribution is -2.44. The molecule has 1 amide bonds. The molecule has 0 aliphatic carbocycles. The van der Waals surface area contributed by atoms with E-state index in [1.807, 2.05) is 66.0 Å². The highest BCUT2D eigenvalue weighted by molar-refractivity contribution is 7.92. The normalized spacial score (nSPS) is 15.4. The van der Waals surface area contributed by atoms with Crippen molar-refractivity contribution in [3.8, 4) is 11.3 Å². The third-order valence-corrected chi connectivity index (χ3v) is 8.19.